The Balaban J connectivity index is 1.46. The van der Waals surface area contributed by atoms with Gasteiger partial charge in [-0.2, -0.15) is 0 Å². The van der Waals surface area contributed by atoms with Gasteiger partial charge in [-0.1, -0.05) is 23.8 Å². The van der Waals surface area contributed by atoms with Crippen LogP contribution in [-0.4, -0.2) is 39.1 Å². The van der Waals surface area contributed by atoms with Gasteiger partial charge in [0, 0.05) is 41.9 Å². The first kappa shape index (κ1) is 25.5. The minimum absolute atomic E-state index is 0.0570. The molecule has 2 atom stereocenters. The number of amides is 1. The van der Waals surface area contributed by atoms with Crippen molar-refractivity contribution >= 4 is 28.9 Å². The summed E-state index contributed by atoms with van der Waals surface area (Å²) in [6.45, 7) is 4.57. The molecule has 3 heterocycles. The molecule has 0 radical (unpaired) electrons. The zero-order valence-electron chi connectivity index (χ0n) is 21.7. The normalized spacial score (nSPS) is 16.8. The van der Waals surface area contributed by atoms with Gasteiger partial charge in [-0.25, -0.2) is 0 Å². The molecule has 5 rings (SSSR count). The maximum Gasteiger partial charge on any atom is 0.226 e. The predicted octanol–water partition coefficient (Wildman–Crippen LogP) is 5.50. The van der Waals surface area contributed by atoms with Gasteiger partial charge in [-0.05, 0) is 86.7 Å². The molecule has 38 heavy (non-hydrogen) atoms. The van der Waals surface area contributed by atoms with Crippen molar-refractivity contribution in [2.24, 2.45) is 0 Å². The number of aromatic nitrogens is 2. The molecule has 194 valence electrons. The molecule has 2 N–H and O–H groups in total. The molecule has 0 unspecified atom stereocenters. The fourth-order valence-corrected chi connectivity index (χ4v) is 5.26. The van der Waals surface area contributed by atoms with Crippen molar-refractivity contribution in [2.75, 3.05) is 19.0 Å². The van der Waals surface area contributed by atoms with Crippen molar-refractivity contribution in [1.29, 1.82) is 0 Å². The first-order chi connectivity index (χ1) is 18.4. The maximum atomic E-state index is 12.9. The van der Waals surface area contributed by atoms with Crippen molar-refractivity contribution in [3.05, 3.63) is 108 Å². The second-order valence-electron chi connectivity index (χ2n) is 9.42. The van der Waals surface area contributed by atoms with Crippen LogP contribution in [0.4, 0.5) is 5.69 Å². The summed E-state index contributed by atoms with van der Waals surface area (Å²) in [5.41, 5.74) is 6.02. The maximum absolute atomic E-state index is 12.9. The molecule has 1 aliphatic heterocycles. The standard InChI is InChI=1S/C30H31N5O2S/c1-20-7-10-22(11-8-20)32-27(36)17-19-34-29(28(33-30(34)38)25-6-4-5-18-31-25)26-16-9-21(2)35(26)23-12-14-24(37-3)15-13-23/h4-16,18,28-29H,17,19H2,1-3H3,(H,32,36)(H,33,38)/t28-,29+/m1/s1. The van der Waals surface area contributed by atoms with Crippen molar-refractivity contribution in [2.45, 2.75) is 32.4 Å². The molecule has 0 aliphatic carbocycles. The number of anilines is 1. The number of hydrogen-bond acceptors (Lipinski definition) is 4. The third-order valence-corrected chi connectivity index (χ3v) is 7.21. The zero-order valence-corrected chi connectivity index (χ0v) is 22.5. The van der Waals surface area contributed by atoms with E-state index in [1.54, 1.807) is 13.3 Å². The van der Waals surface area contributed by atoms with Gasteiger partial charge in [0.1, 0.15) is 5.75 Å². The monoisotopic (exact) mass is 525 g/mol. The van der Waals surface area contributed by atoms with Gasteiger partial charge >= 0.3 is 0 Å². The van der Waals surface area contributed by atoms with Crippen molar-refractivity contribution in [3.8, 4) is 11.4 Å². The van der Waals surface area contributed by atoms with Crippen LogP contribution in [0.1, 0.15) is 41.1 Å². The van der Waals surface area contributed by atoms with E-state index in [0.29, 0.717) is 18.1 Å². The van der Waals surface area contributed by atoms with Crippen molar-refractivity contribution < 1.29 is 9.53 Å². The van der Waals surface area contributed by atoms with Crippen LogP contribution in [0, 0.1) is 13.8 Å². The second kappa shape index (κ2) is 11.1. The highest BCUT2D eigenvalue weighted by molar-refractivity contribution is 7.80. The minimum Gasteiger partial charge on any atom is -0.497 e. The van der Waals surface area contributed by atoms with Crippen molar-refractivity contribution in [1.82, 2.24) is 19.8 Å². The summed E-state index contributed by atoms with van der Waals surface area (Å²) >= 11 is 5.82. The van der Waals surface area contributed by atoms with Crippen molar-refractivity contribution in [3.63, 3.8) is 0 Å². The Labute approximate surface area is 228 Å². The minimum atomic E-state index is -0.171. The number of methoxy groups -OCH3 is 1. The van der Waals surface area contributed by atoms with E-state index in [-0.39, 0.29) is 18.0 Å². The Bertz CT molecular complexity index is 1420. The van der Waals surface area contributed by atoms with E-state index in [9.17, 15) is 4.79 Å². The quantitative estimate of drug-likeness (QED) is 0.296. The highest BCUT2D eigenvalue weighted by atomic mass is 32.1. The molecule has 1 saturated heterocycles. The zero-order chi connectivity index (χ0) is 26.6. The molecule has 8 heteroatoms. The SMILES string of the molecule is COc1ccc(-n2c(C)ccc2[C@H]2[C@@H](c3ccccn3)NC(=S)N2CCC(=O)Nc2ccc(C)cc2)cc1. The molecule has 7 nitrogen and oxygen atoms in total. The lowest BCUT2D eigenvalue weighted by molar-refractivity contribution is -0.116. The van der Waals surface area contributed by atoms with Crippen LogP contribution < -0.4 is 15.4 Å². The molecule has 2 aromatic heterocycles. The van der Waals surface area contributed by atoms with E-state index in [1.807, 2.05) is 73.7 Å². The van der Waals surface area contributed by atoms with Crippen LogP contribution in [0.3, 0.4) is 0 Å². The number of nitrogens with one attached hydrogen (secondary N) is 2. The lowest BCUT2D eigenvalue weighted by Crippen LogP contribution is -2.33. The first-order valence-corrected chi connectivity index (χ1v) is 13.0. The lowest BCUT2D eigenvalue weighted by Gasteiger charge is -2.29. The summed E-state index contributed by atoms with van der Waals surface area (Å²) in [6.07, 6.45) is 2.09. The van der Waals surface area contributed by atoms with Crippen LogP contribution in [-0.2, 0) is 4.79 Å². The number of nitrogens with zero attached hydrogens (tertiary/aromatic N) is 3. The summed E-state index contributed by atoms with van der Waals surface area (Å²) in [5.74, 6) is 0.745. The molecular formula is C30H31N5O2S. The average molecular weight is 526 g/mol. The average Bonchev–Trinajstić information content (AvgIpc) is 3.48. The van der Waals surface area contributed by atoms with Gasteiger partial charge in [-0.3, -0.25) is 9.78 Å². The number of rotatable bonds is 8. The number of carbonyl (C=O) groups excluding carboxylic acids is 1. The second-order valence-corrected chi connectivity index (χ2v) is 9.80. The van der Waals surface area contributed by atoms with Crippen LogP contribution in [0.5, 0.6) is 5.75 Å². The van der Waals surface area contributed by atoms with Gasteiger partial charge in [0.25, 0.3) is 0 Å². The highest BCUT2D eigenvalue weighted by Crippen LogP contribution is 2.40. The summed E-state index contributed by atoms with van der Waals surface area (Å²) in [4.78, 5) is 19.6. The molecule has 0 bridgehead atoms. The predicted molar refractivity (Wildman–Crippen MR) is 154 cm³/mol. The van der Waals surface area contributed by atoms with E-state index in [2.05, 4.69) is 44.1 Å². The summed E-state index contributed by atoms with van der Waals surface area (Å²) < 4.78 is 7.60. The number of carbonyl (C=O) groups is 1. The fraction of sp³-hybridized carbons (Fsp3) is 0.233. The van der Waals surface area contributed by atoms with Crippen LogP contribution >= 0.6 is 12.2 Å². The van der Waals surface area contributed by atoms with E-state index in [4.69, 9.17) is 17.0 Å². The van der Waals surface area contributed by atoms with E-state index in [0.717, 1.165) is 39.8 Å². The topological polar surface area (TPSA) is 71.4 Å². The van der Waals surface area contributed by atoms with Gasteiger partial charge < -0.3 is 24.8 Å². The van der Waals surface area contributed by atoms with Gasteiger partial charge in [0.15, 0.2) is 5.11 Å². The van der Waals surface area contributed by atoms with Gasteiger partial charge in [-0.15, -0.1) is 0 Å². The number of ether oxygens (including phenoxy) is 1. The van der Waals surface area contributed by atoms with E-state index < -0.39 is 0 Å². The number of hydrogen-bond donors (Lipinski definition) is 2. The Morgan fingerprint density at radius 1 is 1.03 bits per heavy atom. The van der Waals surface area contributed by atoms with Crippen LogP contribution in [0.15, 0.2) is 85.1 Å². The number of aryl methyl sites for hydroxylation is 2. The largest absolute Gasteiger partial charge is 0.497 e. The third-order valence-electron chi connectivity index (χ3n) is 6.85. The van der Waals surface area contributed by atoms with Gasteiger partial charge in [0.2, 0.25) is 5.91 Å². The number of benzene rings is 2. The van der Waals surface area contributed by atoms with E-state index >= 15 is 0 Å². The van der Waals surface area contributed by atoms with E-state index in [1.165, 1.54) is 0 Å². The highest BCUT2D eigenvalue weighted by Gasteiger charge is 2.41. The molecule has 0 saturated carbocycles. The Hall–Kier alpha value is -4.17. The van der Waals surface area contributed by atoms with Gasteiger partial charge in [0.05, 0.1) is 24.9 Å². The Morgan fingerprint density at radius 2 is 1.79 bits per heavy atom. The molecule has 1 fully saturated rings. The number of thiocarbonyl (C=S) groups is 1. The number of pyridine rings is 1. The smallest absolute Gasteiger partial charge is 0.226 e. The van der Waals surface area contributed by atoms with Crippen LogP contribution in [0.2, 0.25) is 0 Å². The summed E-state index contributed by atoms with van der Waals surface area (Å²) in [6, 6.07) is 25.6. The molecule has 1 aliphatic rings. The molecule has 1 amide bonds. The Morgan fingerprint density at radius 3 is 2.47 bits per heavy atom. The fourth-order valence-electron chi connectivity index (χ4n) is 4.92. The molecular weight excluding hydrogens is 494 g/mol. The molecule has 0 spiro atoms. The molecule has 4 aromatic rings. The van der Waals surface area contributed by atoms with Crippen LogP contribution in [0.25, 0.3) is 5.69 Å². The summed E-state index contributed by atoms with van der Waals surface area (Å²) in [5, 5.41) is 7.09. The first-order valence-electron chi connectivity index (χ1n) is 12.6. The molecule has 2 aromatic carbocycles. The third kappa shape index (κ3) is 5.26. The Kier molecular flexibility index (Phi) is 7.42. The lowest BCUT2D eigenvalue weighted by atomic mass is 10.0. The summed E-state index contributed by atoms with van der Waals surface area (Å²) in [7, 11) is 1.66.